The number of ether oxygens (including phenoxy) is 3. The van der Waals surface area contributed by atoms with E-state index in [4.69, 9.17) is 14.2 Å². The zero-order valence-corrected chi connectivity index (χ0v) is 23.5. The van der Waals surface area contributed by atoms with Crippen LogP contribution in [0.4, 0.5) is 5.69 Å². The van der Waals surface area contributed by atoms with E-state index in [2.05, 4.69) is 29.5 Å². The van der Waals surface area contributed by atoms with Crippen molar-refractivity contribution in [3.63, 3.8) is 0 Å². The summed E-state index contributed by atoms with van der Waals surface area (Å²) >= 11 is 0. The first-order valence-electron chi connectivity index (χ1n) is 13.1. The molecule has 0 spiro atoms. The first-order valence-corrected chi connectivity index (χ1v) is 13.1. The summed E-state index contributed by atoms with van der Waals surface area (Å²) < 4.78 is 18.2. The number of methoxy groups -OCH3 is 3. The number of nitrogens with zero attached hydrogens (tertiary/aromatic N) is 4. The predicted octanol–water partition coefficient (Wildman–Crippen LogP) is 4.39. The number of nitrogens with one attached hydrogen (secondary N) is 1. The van der Waals surface area contributed by atoms with Crippen LogP contribution in [-0.4, -0.2) is 54.7 Å². The molecular weight excluding hydrogens is 510 g/mol. The number of fused-ring (bicyclic) bond motifs is 1. The molecule has 4 rings (SSSR count). The predicted molar refractivity (Wildman–Crippen MR) is 153 cm³/mol. The summed E-state index contributed by atoms with van der Waals surface area (Å²) in [6.07, 6.45) is 0.783. The lowest BCUT2D eigenvalue weighted by molar-refractivity contribution is -0.127. The van der Waals surface area contributed by atoms with Gasteiger partial charge in [-0.15, -0.1) is 5.10 Å². The molecule has 0 saturated carbocycles. The van der Waals surface area contributed by atoms with Crippen LogP contribution in [0.15, 0.2) is 66.7 Å². The van der Waals surface area contributed by atoms with E-state index in [0.717, 1.165) is 6.42 Å². The van der Waals surface area contributed by atoms with Crippen molar-refractivity contribution in [1.29, 1.82) is 0 Å². The Balaban J connectivity index is 1.86. The average Bonchev–Trinajstić information content (AvgIpc) is 3.37. The van der Waals surface area contributed by atoms with Crippen molar-refractivity contribution in [2.45, 2.75) is 32.9 Å². The maximum Gasteiger partial charge on any atom is 0.249 e. The SMILES string of the molecule is COc1ccc([C@@H](C(=O)NCCC(C)C)N(C(=O)Cn2nnc3ccccc32)c2ccccc2OC)c(OC)c1. The number of benzene rings is 3. The number of amides is 2. The summed E-state index contributed by atoms with van der Waals surface area (Å²) in [5, 5.41) is 11.4. The van der Waals surface area contributed by atoms with Crippen LogP contribution in [0, 0.1) is 5.92 Å². The number of hydrogen-bond donors (Lipinski definition) is 1. The largest absolute Gasteiger partial charge is 0.497 e. The molecule has 0 aliphatic heterocycles. The van der Waals surface area contributed by atoms with Gasteiger partial charge in [-0.2, -0.15) is 0 Å². The highest BCUT2D eigenvalue weighted by Gasteiger charge is 2.36. The Bertz CT molecular complexity index is 1470. The molecule has 4 aromatic rings. The number of para-hydroxylation sites is 3. The van der Waals surface area contributed by atoms with Gasteiger partial charge in [0.15, 0.2) is 0 Å². The van der Waals surface area contributed by atoms with E-state index in [0.29, 0.717) is 52.0 Å². The number of anilines is 1. The van der Waals surface area contributed by atoms with Crippen LogP contribution in [0.5, 0.6) is 17.2 Å². The second-order valence-corrected chi connectivity index (χ2v) is 9.66. The highest BCUT2D eigenvalue weighted by molar-refractivity contribution is 6.03. The van der Waals surface area contributed by atoms with Gasteiger partial charge in [0.1, 0.15) is 35.4 Å². The van der Waals surface area contributed by atoms with E-state index < -0.39 is 6.04 Å². The van der Waals surface area contributed by atoms with Gasteiger partial charge in [-0.3, -0.25) is 14.5 Å². The Hall–Kier alpha value is -4.60. The first-order chi connectivity index (χ1) is 19.4. The molecule has 2 amide bonds. The Morgan fingerprint density at radius 3 is 2.38 bits per heavy atom. The van der Waals surface area contributed by atoms with Gasteiger partial charge < -0.3 is 19.5 Å². The highest BCUT2D eigenvalue weighted by atomic mass is 16.5. The lowest BCUT2D eigenvalue weighted by atomic mass is 10.0. The van der Waals surface area contributed by atoms with Gasteiger partial charge in [0.25, 0.3) is 0 Å². The van der Waals surface area contributed by atoms with Crippen LogP contribution >= 0.6 is 0 Å². The third-order valence-corrected chi connectivity index (χ3v) is 6.58. The zero-order chi connectivity index (χ0) is 28.6. The van der Waals surface area contributed by atoms with Crippen LogP contribution in [-0.2, 0) is 16.1 Å². The minimum absolute atomic E-state index is 0.160. The van der Waals surface area contributed by atoms with E-state index in [1.807, 2.05) is 30.3 Å². The van der Waals surface area contributed by atoms with Crippen molar-refractivity contribution in [3.8, 4) is 17.2 Å². The molecule has 1 heterocycles. The number of carbonyl (C=O) groups excluding carboxylic acids is 2. The highest BCUT2D eigenvalue weighted by Crippen LogP contribution is 2.39. The van der Waals surface area contributed by atoms with Crippen molar-refractivity contribution < 1.29 is 23.8 Å². The second kappa shape index (κ2) is 13.0. The summed E-state index contributed by atoms with van der Waals surface area (Å²) in [5.74, 6) is 1.05. The molecule has 3 aromatic carbocycles. The average molecular weight is 546 g/mol. The standard InChI is InChI=1S/C30H35N5O5/c1-20(2)16-17-31-30(37)29(22-15-14-21(38-3)18-27(22)40-5)35(25-12-8-9-13-26(25)39-4)28(36)19-34-24-11-7-6-10-23(24)32-33-34/h6-15,18,20,29H,16-17,19H2,1-5H3,(H,31,37)/t29-/m0/s1. The molecule has 0 bridgehead atoms. The molecule has 0 aliphatic carbocycles. The maximum absolute atomic E-state index is 14.3. The number of carbonyl (C=O) groups is 2. The minimum Gasteiger partial charge on any atom is -0.497 e. The Morgan fingerprint density at radius 2 is 1.65 bits per heavy atom. The molecule has 0 unspecified atom stereocenters. The van der Waals surface area contributed by atoms with Crippen molar-refractivity contribution in [3.05, 3.63) is 72.3 Å². The smallest absolute Gasteiger partial charge is 0.249 e. The third kappa shape index (κ3) is 6.17. The van der Waals surface area contributed by atoms with Gasteiger partial charge >= 0.3 is 0 Å². The minimum atomic E-state index is -1.09. The van der Waals surface area contributed by atoms with Gasteiger partial charge in [0.05, 0.1) is 32.5 Å². The Labute approximate surface area is 233 Å². The summed E-state index contributed by atoms with van der Waals surface area (Å²) in [6.45, 7) is 4.46. The van der Waals surface area contributed by atoms with Crippen LogP contribution < -0.4 is 24.4 Å². The summed E-state index contributed by atoms with van der Waals surface area (Å²) in [6, 6.07) is 18.6. The fourth-order valence-corrected chi connectivity index (χ4v) is 4.51. The third-order valence-electron chi connectivity index (χ3n) is 6.58. The Morgan fingerprint density at radius 1 is 0.925 bits per heavy atom. The molecule has 210 valence electrons. The van der Waals surface area contributed by atoms with Crippen LogP contribution in [0.25, 0.3) is 11.0 Å². The molecule has 10 nitrogen and oxygen atoms in total. The van der Waals surface area contributed by atoms with E-state index >= 15 is 0 Å². The van der Waals surface area contributed by atoms with E-state index in [-0.39, 0.29) is 18.4 Å². The normalized spacial score (nSPS) is 11.8. The maximum atomic E-state index is 14.3. The van der Waals surface area contributed by atoms with Gasteiger partial charge in [-0.1, -0.05) is 43.3 Å². The molecule has 1 N–H and O–H groups in total. The molecule has 1 atom stereocenters. The topological polar surface area (TPSA) is 108 Å². The van der Waals surface area contributed by atoms with Crippen LogP contribution in [0.3, 0.4) is 0 Å². The zero-order valence-electron chi connectivity index (χ0n) is 23.5. The van der Waals surface area contributed by atoms with Gasteiger partial charge in [0.2, 0.25) is 11.8 Å². The molecule has 1 aromatic heterocycles. The fourth-order valence-electron chi connectivity index (χ4n) is 4.51. The number of aromatic nitrogens is 3. The van der Waals surface area contributed by atoms with Crippen molar-refractivity contribution in [2.75, 3.05) is 32.8 Å². The molecule has 10 heteroatoms. The lowest BCUT2D eigenvalue weighted by Gasteiger charge is -2.33. The molecule has 0 saturated heterocycles. The number of rotatable bonds is 12. The summed E-state index contributed by atoms with van der Waals surface area (Å²) in [4.78, 5) is 29.7. The van der Waals surface area contributed by atoms with Crippen LogP contribution in [0.2, 0.25) is 0 Å². The fraction of sp³-hybridized carbons (Fsp3) is 0.333. The summed E-state index contributed by atoms with van der Waals surface area (Å²) in [5.41, 5.74) is 2.30. The first kappa shape index (κ1) is 28.4. The molecule has 40 heavy (non-hydrogen) atoms. The summed E-state index contributed by atoms with van der Waals surface area (Å²) in [7, 11) is 4.60. The van der Waals surface area contributed by atoms with Crippen LogP contribution in [0.1, 0.15) is 31.9 Å². The number of hydrogen-bond acceptors (Lipinski definition) is 7. The van der Waals surface area contributed by atoms with Gasteiger partial charge in [-0.25, -0.2) is 4.68 Å². The van der Waals surface area contributed by atoms with Gasteiger partial charge in [0, 0.05) is 18.2 Å². The Kier molecular flexibility index (Phi) is 9.21. The van der Waals surface area contributed by atoms with E-state index in [1.165, 1.54) is 23.8 Å². The quantitative estimate of drug-likeness (QED) is 0.281. The van der Waals surface area contributed by atoms with E-state index in [1.54, 1.807) is 43.5 Å². The van der Waals surface area contributed by atoms with Crippen molar-refractivity contribution >= 4 is 28.5 Å². The molecule has 0 radical (unpaired) electrons. The molecular formula is C30H35N5O5. The van der Waals surface area contributed by atoms with Crippen molar-refractivity contribution in [1.82, 2.24) is 20.3 Å². The second-order valence-electron chi connectivity index (χ2n) is 9.66. The van der Waals surface area contributed by atoms with Crippen molar-refractivity contribution in [2.24, 2.45) is 5.92 Å². The lowest BCUT2D eigenvalue weighted by Crippen LogP contribution is -2.46. The molecule has 0 aliphatic rings. The monoisotopic (exact) mass is 545 g/mol. The van der Waals surface area contributed by atoms with E-state index in [9.17, 15) is 9.59 Å². The molecule has 0 fully saturated rings. The van der Waals surface area contributed by atoms with Gasteiger partial charge in [-0.05, 0) is 48.7 Å².